The van der Waals surface area contributed by atoms with Crippen LogP contribution in [0.3, 0.4) is 0 Å². The van der Waals surface area contributed by atoms with E-state index in [-0.39, 0.29) is 11.5 Å². The Hall–Kier alpha value is -2.61. The lowest BCUT2D eigenvalue weighted by molar-refractivity contribution is -0.115. The van der Waals surface area contributed by atoms with Crippen molar-refractivity contribution in [2.75, 3.05) is 5.32 Å². The summed E-state index contributed by atoms with van der Waals surface area (Å²) in [4.78, 5) is 21.6. The zero-order valence-corrected chi connectivity index (χ0v) is 9.23. The van der Waals surface area contributed by atoms with Gasteiger partial charge in [-0.3, -0.25) is 9.59 Å². The number of hydrogen-bond donors (Lipinski definition) is 2. The van der Waals surface area contributed by atoms with Crippen molar-refractivity contribution < 1.29 is 9.59 Å². The molecule has 1 aromatic rings. The normalized spacial score (nSPS) is 10.5. The largest absolute Gasteiger partial charge is 0.365 e. The Morgan fingerprint density at radius 2 is 1.94 bits per heavy atom. The Bertz CT molecular complexity index is 510. The number of nitriles is 1. The molecule has 5 nitrogen and oxygen atoms in total. The van der Waals surface area contributed by atoms with E-state index in [1.807, 2.05) is 0 Å². The molecule has 1 rings (SSSR count). The van der Waals surface area contributed by atoms with Gasteiger partial charge in [0.05, 0.1) is 0 Å². The first-order valence-corrected chi connectivity index (χ1v) is 4.82. The quantitative estimate of drug-likeness (QED) is 0.598. The molecule has 0 bridgehead atoms. The van der Waals surface area contributed by atoms with Crippen LogP contribution >= 0.6 is 0 Å². The van der Waals surface area contributed by atoms with E-state index in [1.54, 1.807) is 30.3 Å². The van der Waals surface area contributed by atoms with E-state index in [1.165, 1.54) is 13.0 Å². The zero-order chi connectivity index (χ0) is 12.8. The number of nitrogens with zero attached hydrogens (tertiary/aromatic N) is 1. The van der Waals surface area contributed by atoms with Gasteiger partial charge in [0.2, 0.25) is 5.91 Å². The van der Waals surface area contributed by atoms with Crippen LogP contribution < -0.4 is 11.1 Å². The predicted octanol–water partition coefficient (Wildman–Crippen LogP) is 1.04. The molecule has 0 heterocycles. The summed E-state index contributed by atoms with van der Waals surface area (Å²) in [5.74, 6) is -0.929. The number of nitrogens with two attached hydrogens (primary N) is 1. The summed E-state index contributed by atoms with van der Waals surface area (Å²) in [6.07, 6.45) is 1.39. The second kappa shape index (κ2) is 5.47. The van der Waals surface area contributed by atoms with Crippen molar-refractivity contribution >= 4 is 23.6 Å². The summed E-state index contributed by atoms with van der Waals surface area (Å²) in [5.41, 5.74) is 6.20. The molecule has 0 aromatic heterocycles. The van der Waals surface area contributed by atoms with Gasteiger partial charge in [0.1, 0.15) is 11.6 Å². The van der Waals surface area contributed by atoms with Crippen LogP contribution in [0.2, 0.25) is 0 Å². The molecule has 5 heteroatoms. The van der Waals surface area contributed by atoms with Crippen molar-refractivity contribution in [3.8, 4) is 6.07 Å². The number of carbonyl (C=O) groups excluding carboxylic acids is 2. The molecule has 0 fully saturated rings. The maximum absolute atomic E-state index is 10.8. The summed E-state index contributed by atoms with van der Waals surface area (Å²) < 4.78 is 0. The maximum Gasteiger partial charge on any atom is 0.259 e. The van der Waals surface area contributed by atoms with E-state index >= 15 is 0 Å². The van der Waals surface area contributed by atoms with E-state index in [9.17, 15) is 9.59 Å². The van der Waals surface area contributed by atoms with Gasteiger partial charge in [0.25, 0.3) is 5.91 Å². The minimum Gasteiger partial charge on any atom is -0.365 e. The fourth-order valence-corrected chi connectivity index (χ4v) is 1.19. The average molecular weight is 229 g/mol. The van der Waals surface area contributed by atoms with Crippen molar-refractivity contribution in [3.05, 3.63) is 35.4 Å². The van der Waals surface area contributed by atoms with Crippen molar-refractivity contribution in [1.82, 2.24) is 0 Å². The Balaban J connectivity index is 2.92. The topological polar surface area (TPSA) is 96.0 Å². The fourth-order valence-electron chi connectivity index (χ4n) is 1.19. The summed E-state index contributed by atoms with van der Waals surface area (Å²) in [6.45, 7) is 1.41. The summed E-state index contributed by atoms with van der Waals surface area (Å²) >= 11 is 0. The van der Waals surface area contributed by atoms with Crippen LogP contribution in [0.4, 0.5) is 5.69 Å². The highest BCUT2D eigenvalue weighted by Crippen LogP contribution is 2.12. The zero-order valence-electron chi connectivity index (χ0n) is 9.23. The monoisotopic (exact) mass is 229 g/mol. The lowest BCUT2D eigenvalue weighted by atomic mass is 10.1. The van der Waals surface area contributed by atoms with Gasteiger partial charge < -0.3 is 11.1 Å². The van der Waals surface area contributed by atoms with Crippen molar-refractivity contribution in [2.24, 2.45) is 5.73 Å². The summed E-state index contributed by atoms with van der Waals surface area (Å²) in [6, 6.07) is 8.40. The van der Waals surface area contributed by atoms with Crippen LogP contribution in [0.1, 0.15) is 12.5 Å². The van der Waals surface area contributed by atoms with Gasteiger partial charge in [-0.15, -0.1) is 0 Å². The third-order valence-electron chi connectivity index (χ3n) is 1.93. The average Bonchev–Trinajstić information content (AvgIpc) is 2.26. The predicted molar refractivity (Wildman–Crippen MR) is 63.5 cm³/mol. The van der Waals surface area contributed by atoms with E-state index < -0.39 is 5.91 Å². The van der Waals surface area contributed by atoms with Crippen molar-refractivity contribution in [1.29, 1.82) is 5.26 Å². The second-order valence-electron chi connectivity index (χ2n) is 3.34. The third kappa shape index (κ3) is 3.80. The third-order valence-corrected chi connectivity index (χ3v) is 1.93. The Labute approximate surface area is 98.5 Å². The van der Waals surface area contributed by atoms with Crippen molar-refractivity contribution in [2.45, 2.75) is 6.92 Å². The molecule has 0 spiro atoms. The highest BCUT2D eigenvalue weighted by molar-refractivity contribution is 6.00. The van der Waals surface area contributed by atoms with Gasteiger partial charge in [0, 0.05) is 12.6 Å². The number of carbonyl (C=O) groups is 2. The summed E-state index contributed by atoms with van der Waals surface area (Å²) in [5, 5.41) is 11.3. The molecule has 86 valence electrons. The molecule has 0 unspecified atom stereocenters. The minimum absolute atomic E-state index is 0.114. The molecular formula is C12H11N3O2. The van der Waals surface area contributed by atoms with E-state index in [0.717, 1.165) is 0 Å². The van der Waals surface area contributed by atoms with Crippen LogP contribution in [0.15, 0.2) is 29.8 Å². The van der Waals surface area contributed by atoms with Gasteiger partial charge in [-0.1, -0.05) is 12.1 Å². The van der Waals surface area contributed by atoms with Crippen LogP contribution in [0, 0.1) is 11.3 Å². The standard InChI is InChI=1S/C12H11N3O2/c1-8(16)15-11-4-2-9(3-5-11)6-10(7-13)12(14)17/h2-6H,1H3,(H2,14,17)(H,15,16). The number of rotatable bonds is 3. The molecular weight excluding hydrogens is 218 g/mol. The molecule has 17 heavy (non-hydrogen) atoms. The van der Waals surface area contributed by atoms with Crippen LogP contribution in [0.5, 0.6) is 0 Å². The van der Waals surface area contributed by atoms with Gasteiger partial charge in [-0.25, -0.2) is 0 Å². The van der Waals surface area contributed by atoms with E-state index in [2.05, 4.69) is 5.32 Å². The molecule has 2 amide bonds. The molecule has 0 saturated carbocycles. The first-order valence-electron chi connectivity index (χ1n) is 4.82. The van der Waals surface area contributed by atoms with Crippen LogP contribution in [-0.4, -0.2) is 11.8 Å². The highest BCUT2D eigenvalue weighted by Gasteiger charge is 2.03. The number of nitrogens with one attached hydrogen (secondary N) is 1. The van der Waals surface area contributed by atoms with Gasteiger partial charge in [-0.2, -0.15) is 5.26 Å². The van der Waals surface area contributed by atoms with Crippen LogP contribution in [0.25, 0.3) is 6.08 Å². The number of primary amides is 1. The smallest absolute Gasteiger partial charge is 0.259 e. The fraction of sp³-hybridized carbons (Fsp3) is 0.0833. The van der Waals surface area contributed by atoms with Crippen molar-refractivity contribution in [3.63, 3.8) is 0 Å². The number of hydrogen-bond acceptors (Lipinski definition) is 3. The van der Waals surface area contributed by atoms with Crippen LogP contribution in [-0.2, 0) is 9.59 Å². The summed E-state index contributed by atoms with van der Waals surface area (Å²) in [7, 11) is 0. The first kappa shape index (κ1) is 12.5. The first-order chi connectivity index (χ1) is 8.02. The SMILES string of the molecule is CC(=O)Nc1ccc(C=C(C#N)C(N)=O)cc1. The molecule has 0 radical (unpaired) electrons. The minimum atomic E-state index is -0.765. The molecule has 0 aliphatic rings. The maximum atomic E-state index is 10.8. The van der Waals surface area contributed by atoms with E-state index in [0.29, 0.717) is 11.3 Å². The Morgan fingerprint density at radius 1 is 1.35 bits per heavy atom. The lowest BCUT2D eigenvalue weighted by Gasteiger charge is -2.01. The second-order valence-corrected chi connectivity index (χ2v) is 3.34. The molecule has 0 atom stereocenters. The van der Waals surface area contributed by atoms with E-state index in [4.69, 9.17) is 11.0 Å². The Kier molecular flexibility index (Phi) is 4.01. The molecule has 0 aliphatic carbocycles. The molecule has 1 aromatic carbocycles. The Morgan fingerprint density at radius 3 is 2.35 bits per heavy atom. The van der Waals surface area contributed by atoms with Gasteiger partial charge in [-0.05, 0) is 23.8 Å². The molecule has 0 aliphatic heterocycles. The van der Waals surface area contributed by atoms with Gasteiger partial charge in [0.15, 0.2) is 0 Å². The number of anilines is 1. The lowest BCUT2D eigenvalue weighted by Crippen LogP contribution is -2.12. The number of amides is 2. The molecule has 3 N–H and O–H groups in total. The highest BCUT2D eigenvalue weighted by atomic mass is 16.1. The van der Waals surface area contributed by atoms with Gasteiger partial charge >= 0.3 is 0 Å². The number of benzene rings is 1. The molecule has 0 saturated heterocycles.